The largest absolute Gasteiger partial charge is 0.497 e. The van der Waals surface area contributed by atoms with E-state index in [0.717, 1.165) is 63.4 Å². The second-order valence-electron chi connectivity index (χ2n) is 7.31. The molecule has 1 atom stereocenters. The maximum Gasteiger partial charge on any atom is 0.194 e. The molecule has 1 aliphatic carbocycles. The number of rotatable bonds is 5. The molecule has 0 amide bonds. The maximum absolute atomic E-state index is 10.6. The molecule has 5 nitrogen and oxygen atoms in total. The van der Waals surface area contributed by atoms with Gasteiger partial charge in [-0.3, -0.25) is 4.99 Å². The van der Waals surface area contributed by atoms with Crippen molar-refractivity contribution in [3.05, 3.63) is 29.8 Å². The average Bonchev–Trinajstić information content (AvgIpc) is 3.29. The Kier molecular flexibility index (Phi) is 8.01. The van der Waals surface area contributed by atoms with Gasteiger partial charge in [0, 0.05) is 25.6 Å². The highest BCUT2D eigenvalue weighted by atomic mass is 127. The number of halogens is 1. The first kappa shape index (κ1) is 21.3. The van der Waals surface area contributed by atoms with E-state index in [9.17, 15) is 5.11 Å². The van der Waals surface area contributed by atoms with E-state index in [2.05, 4.69) is 29.3 Å². The molecule has 1 saturated carbocycles. The first-order chi connectivity index (χ1) is 12.1. The molecule has 2 N–H and O–H groups in total. The molecule has 1 heterocycles. The number of likely N-dealkylation sites (tertiary alicyclic amines) is 1. The van der Waals surface area contributed by atoms with Gasteiger partial charge < -0.3 is 20.1 Å². The van der Waals surface area contributed by atoms with Gasteiger partial charge in [0.2, 0.25) is 0 Å². The minimum atomic E-state index is -0.588. The summed E-state index contributed by atoms with van der Waals surface area (Å²) in [7, 11) is 1.70. The number of hydrogen-bond acceptors (Lipinski definition) is 3. The molecule has 0 bridgehead atoms. The fourth-order valence-electron chi connectivity index (χ4n) is 3.94. The zero-order chi connectivity index (χ0) is 17.7. The number of guanidine groups is 1. The Morgan fingerprint density at radius 1 is 1.31 bits per heavy atom. The number of benzene rings is 1. The van der Waals surface area contributed by atoms with Crippen LogP contribution in [0.3, 0.4) is 0 Å². The van der Waals surface area contributed by atoms with E-state index in [-0.39, 0.29) is 24.0 Å². The zero-order valence-corrected chi connectivity index (χ0v) is 18.2. The van der Waals surface area contributed by atoms with Crippen LogP contribution in [-0.4, -0.2) is 54.9 Å². The van der Waals surface area contributed by atoms with Crippen molar-refractivity contribution in [1.82, 2.24) is 10.2 Å². The lowest BCUT2D eigenvalue weighted by atomic mass is 9.98. The van der Waals surface area contributed by atoms with Gasteiger partial charge in [-0.1, -0.05) is 25.0 Å². The molecule has 2 fully saturated rings. The molecule has 26 heavy (non-hydrogen) atoms. The summed E-state index contributed by atoms with van der Waals surface area (Å²) in [5, 5.41) is 14.0. The van der Waals surface area contributed by atoms with Gasteiger partial charge in [-0.05, 0) is 43.9 Å². The lowest BCUT2D eigenvalue weighted by molar-refractivity contribution is 0.0572. The Bertz CT molecular complexity index is 585. The fraction of sp³-hybridized carbons (Fsp3) is 0.650. The molecule has 1 aromatic rings. The minimum absolute atomic E-state index is 0. The van der Waals surface area contributed by atoms with Crippen molar-refractivity contribution >= 4 is 29.9 Å². The second kappa shape index (κ2) is 9.78. The molecule has 1 unspecified atom stereocenters. The number of ether oxygens (including phenoxy) is 1. The van der Waals surface area contributed by atoms with Gasteiger partial charge in [-0.15, -0.1) is 24.0 Å². The standard InChI is InChI=1S/C20H31N3O2.HI/c1-3-21-19(22-15-20(24)11-4-5-12-20)23-13-10-17(14-23)16-6-8-18(25-2)9-7-16;/h6-9,17,24H,3-5,10-15H2,1-2H3,(H,21,22);1H. The van der Waals surface area contributed by atoms with Crippen LogP contribution in [-0.2, 0) is 0 Å². The number of aliphatic hydroxyl groups is 1. The number of methoxy groups -OCH3 is 1. The first-order valence-electron chi connectivity index (χ1n) is 9.53. The van der Waals surface area contributed by atoms with E-state index < -0.39 is 5.60 Å². The summed E-state index contributed by atoms with van der Waals surface area (Å²) in [5.74, 6) is 2.36. The van der Waals surface area contributed by atoms with E-state index in [4.69, 9.17) is 9.73 Å². The molecule has 3 rings (SSSR count). The van der Waals surface area contributed by atoms with Crippen molar-refractivity contribution in [3.8, 4) is 5.75 Å². The van der Waals surface area contributed by atoms with Crippen LogP contribution in [0.1, 0.15) is 50.5 Å². The predicted octanol–water partition coefficient (Wildman–Crippen LogP) is 3.37. The topological polar surface area (TPSA) is 57.1 Å². The van der Waals surface area contributed by atoms with E-state index in [1.54, 1.807) is 7.11 Å². The lowest BCUT2D eigenvalue weighted by Gasteiger charge is -2.25. The summed E-state index contributed by atoms with van der Waals surface area (Å²) in [5.41, 5.74) is 0.768. The Labute approximate surface area is 174 Å². The van der Waals surface area contributed by atoms with Crippen molar-refractivity contribution in [2.45, 2.75) is 50.5 Å². The first-order valence-corrected chi connectivity index (χ1v) is 9.53. The fourth-order valence-corrected chi connectivity index (χ4v) is 3.94. The van der Waals surface area contributed by atoms with Crippen LogP contribution in [0.15, 0.2) is 29.3 Å². The molecule has 0 radical (unpaired) electrons. The summed E-state index contributed by atoms with van der Waals surface area (Å²) < 4.78 is 5.25. The monoisotopic (exact) mass is 473 g/mol. The highest BCUT2D eigenvalue weighted by Crippen LogP contribution is 2.31. The molecule has 146 valence electrons. The third-order valence-electron chi connectivity index (χ3n) is 5.47. The van der Waals surface area contributed by atoms with Crippen LogP contribution in [0.25, 0.3) is 0 Å². The summed E-state index contributed by atoms with van der Waals surface area (Å²) in [4.78, 5) is 7.10. The summed E-state index contributed by atoms with van der Waals surface area (Å²) >= 11 is 0. The maximum atomic E-state index is 10.6. The van der Waals surface area contributed by atoms with Crippen LogP contribution in [0, 0.1) is 0 Å². The SMILES string of the molecule is CCNC(=NCC1(O)CCCC1)N1CCC(c2ccc(OC)cc2)C1.I. The summed E-state index contributed by atoms with van der Waals surface area (Å²) in [6, 6.07) is 8.40. The van der Waals surface area contributed by atoms with Gasteiger partial charge >= 0.3 is 0 Å². The van der Waals surface area contributed by atoms with Crippen molar-refractivity contribution in [2.75, 3.05) is 33.3 Å². The molecule has 6 heteroatoms. The molecule has 2 aliphatic rings. The Morgan fingerprint density at radius 3 is 2.62 bits per heavy atom. The molecule has 0 aromatic heterocycles. The van der Waals surface area contributed by atoms with E-state index in [1.165, 1.54) is 5.56 Å². The number of nitrogens with zero attached hydrogens (tertiary/aromatic N) is 2. The molecular weight excluding hydrogens is 441 g/mol. The van der Waals surface area contributed by atoms with E-state index in [1.807, 2.05) is 12.1 Å². The van der Waals surface area contributed by atoms with Gasteiger partial charge in [0.25, 0.3) is 0 Å². The van der Waals surface area contributed by atoms with Gasteiger partial charge in [0.05, 0.1) is 19.3 Å². The van der Waals surface area contributed by atoms with Crippen LogP contribution < -0.4 is 10.1 Å². The van der Waals surface area contributed by atoms with Gasteiger partial charge in [-0.2, -0.15) is 0 Å². The highest BCUT2D eigenvalue weighted by Gasteiger charge is 2.32. The van der Waals surface area contributed by atoms with E-state index in [0.29, 0.717) is 12.5 Å². The minimum Gasteiger partial charge on any atom is -0.497 e. The van der Waals surface area contributed by atoms with Gasteiger partial charge in [-0.25, -0.2) is 0 Å². The summed E-state index contributed by atoms with van der Waals surface area (Å²) in [6.45, 7) is 5.42. The molecule has 1 saturated heterocycles. The average molecular weight is 473 g/mol. The van der Waals surface area contributed by atoms with Crippen molar-refractivity contribution < 1.29 is 9.84 Å². The second-order valence-corrected chi connectivity index (χ2v) is 7.31. The molecular formula is C20H32IN3O2. The van der Waals surface area contributed by atoms with E-state index >= 15 is 0 Å². The Balaban J connectivity index is 0.00000243. The van der Waals surface area contributed by atoms with Crippen molar-refractivity contribution in [2.24, 2.45) is 4.99 Å². The van der Waals surface area contributed by atoms with Gasteiger partial charge in [0.1, 0.15) is 5.75 Å². The summed E-state index contributed by atoms with van der Waals surface area (Å²) in [6.07, 6.45) is 5.12. The van der Waals surface area contributed by atoms with Gasteiger partial charge in [0.15, 0.2) is 5.96 Å². The quantitative estimate of drug-likeness (QED) is 0.391. The zero-order valence-electron chi connectivity index (χ0n) is 15.9. The third kappa shape index (κ3) is 5.25. The van der Waals surface area contributed by atoms with Crippen LogP contribution in [0.2, 0.25) is 0 Å². The van der Waals surface area contributed by atoms with Crippen molar-refractivity contribution in [3.63, 3.8) is 0 Å². The molecule has 1 aliphatic heterocycles. The predicted molar refractivity (Wildman–Crippen MR) is 117 cm³/mol. The van der Waals surface area contributed by atoms with Crippen LogP contribution >= 0.6 is 24.0 Å². The highest BCUT2D eigenvalue weighted by molar-refractivity contribution is 14.0. The normalized spacial score (nSPS) is 22.2. The smallest absolute Gasteiger partial charge is 0.194 e. The number of nitrogens with one attached hydrogen (secondary N) is 1. The lowest BCUT2D eigenvalue weighted by Crippen LogP contribution is -2.41. The Hall–Kier alpha value is -1.02. The third-order valence-corrected chi connectivity index (χ3v) is 5.47. The molecule has 1 aromatic carbocycles. The van der Waals surface area contributed by atoms with Crippen molar-refractivity contribution in [1.29, 1.82) is 0 Å². The number of hydrogen-bond donors (Lipinski definition) is 2. The van der Waals surface area contributed by atoms with Crippen LogP contribution in [0.4, 0.5) is 0 Å². The van der Waals surface area contributed by atoms with Crippen LogP contribution in [0.5, 0.6) is 5.75 Å². The molecule has 0 spiro atoms. The Morgan fingerprint density at radius 2 is 2.00 bits per heavy atom. The number of aliphatic imine (C=N–C) groups is 1.